The Kier molecular flexibility index (Phi) is 3.89. The van der Waals surface area contributed by atoms with Gasteiger partial charge in [-0.2, -0.15) is 0 Å². The quantitative estimate of drug-likeness (QED) is 0.636. The van der Waals surface area contributed by atoms with Crippen molar-refractivity contribution in [1.82, 2.24) is 0 Å². The van der Waals surface area contributed by atoms with Crippen molar-refractivity contribution in [2.24, 2.45) is 5.14 Å². The minimum atomic E-state index is -3.59. The Balaban J connectivity index is 4.73. The Labute approximate surface area is 73.5 Å². The van der Waals surface area contributed by atoms with Crippen LogP contribution in [-0.2, 0) is 14.8 Å². The van der Waals surface area contributed by atoms with Gasteiger partial charge in [-0.25, -0.2) is 13.6 Å². The van der Waals surface area contributed by atoms with Crippen LogP contribution in [0.15, 0.2) is 12.7 Å². The van der Waals surface area contributed by atoms with E-state index in [4.69, 9.17) is 9.88 Å². The van der Waals surface area contributed by atoms with Crippen LogP contribution in [0, 0.1) is 0 Å². The molecule has 5 heteroatoms. The molecule has 4 nitrogen and oxygen atoms in total. The first-order chi connectivity index (χ1) is 5.37. The second-order valence-electron chi connectivity index (χ2n) is 2.92. The summed E-state index contributed by atoms with van der Waals surface area (Å²) in [4.78, 5) is 0. The normalized spacial score (nSPS) is 16.9. The van der Waals surface area contributed by atoms with E-state index in [1.54, 1.807) is 0 Å². The van der Waals surface area contributed by atoms with Crippen LogP contribution in [0.3, 0.4) is 0 Å². The zero-order valence-corrected chi connectivity index (χ0v) is 8.23. The van der Waals surface area contributed by atoms with Gasteiger partial charge in [0.2, 0.25) is 10.0 Å². The summed E-state index contributed by atoms with van der Waals surface area (Å²) in [6, 6.07) is 0. The fourth-order valence-electron chi connectivity index (χ4n) is 0.868. The van der Waals surface area contributed by atoms with Crippen molar-refractivity contribution >= 4 is 10.0 Å². The van der Waals surface area contributed by atoms with Crippen molar-refractivity contribution in [3.63, 3.8) is 0 Å². The van der Waals surface area contributed by atoms with Gasteiger partial charge < -0.3 is 4.74 Å². The second-order valence-corrected chi connectivity index (χ2v) is 5.00. The lowest BCUT2D eigenvalue weighted by Crippen LogP contribution is -2.44. The van der Waals surface area contributed by atoms with Gasteiger partial charge in [0.15, 0.2) is 0 Å². The van der Waals surface area contributed by atoms with E-state index in [-0.39, 0.29) is 6.61 Å². The molecule has 0 aromatic heterocycles. The predicted molar refractivity (Wildman–Crippen MR) is 48.2 cm³/mol. The zero-order valence-electron chi connectivity index (χ0n) is 7.41. The van der Waals surface area contributed by atoms with Crippen LogP contribution in [0.25, 0.3) is 0 Å². The zero-order chi connectivity index (χ0) is 9.83. The largest absolute Gasteiger partial charge is 0.383 e. The van der Waals surface area contributed by atoms with Gasteiger partial charge >= 0.3 is 0 Å². The fourth-order valence-corrected chi connectivity index (χ4v) is 1.50. The first-order valence-corrected chi connectivity index (χ1v) is 5.04. The van der Waals surface area contributed by atoms with Gasteiger partial charge in [-0.1, -0.05) is 6.08 Å². The Hall–Kier alpha value is -0.390. The molecule has 0 saturated carbocycles. The molecule has 0 aliphatic carbocycles. The van der Waals surface area contributed by atoms with Crippen molar-refractivity contribution in [2.75, 3.05) is 13.7 Å². The number of nitrogens with two attached hydrogens (primary N) is 1. The highest BCUT2D eigenvalue weighted by atomic mass is 32.2. The molecule has 2 N–H and O–H groups in total. The van der Waals surface area contributed by atoms with Crippen molar-refractivity contribution in [3.05, 3.63) is 12.7 Å². The maximum Gasteiger partial charge on any atom is 0.217 e. The van der Waals surface area contributed by atoms with E-state index in [0.29, 0.717) is 6.42 Å². The Morgan fingerprint density at radius 2 is 2.17 bits per heavy atom. The number of methoxy groups -OCH3 is 1. The number of primary sulfonamides is 1. The Bertz CT molecular complexity index is 247. The molecule has 0 fully saturated rings. The van der Waals surface area contributed by atoms with Gasteiger partial charge in [0.1, 0.15) is 4.75 Å². The molecule has 1 atom stereocenters. The highest BCUT2D eigenvalue weighted by molar-refractivity contribution is 7.90. The van der Waals surface area contributed by atoms with E-state index in [0.717, 1.165) is 0 Å². The van der Waals surface area contributed by atoms with Crippen molar-refractivity contribution in [3.8, 4) is 0 Å². The van der Waals surface area contributed by atoms with Crippen LogP contribution in [0.1, 0.15) is 13.3 Å². The first kappa shape index (κ1) is 11.6. The maximum absolute atomic E-state index is 11.1. The number of hydrogen-bond donors (Lipinski definition) is 1. The van der Waals surface area contributed by atoms with Crippen LogP contribution < -0.4 is 5.14 Å². The fraction of sp³-hybridized carbons (Fsp3) is 0.714. The third-order valence-corrected chi connectivity index (χ3v) is 3.37. The van der Waals surface area contributed by atoms with Gasteiger partial charge in [0, 0.05) is 7.11 Å². The third-order valence-electron chi connectivity index (χ3n) is 1.71. The lowest BCUT2D eigenvalue weighted by Gasteiger charge is -2.24. The molecule has 0 aliphatic rings. The predicted octanol–water partition coefficient (Wildman–Crippen LogP) is 0.256. The van der Waals surface area contributed by atoms with Crippen molar-refractivity contribution < 1.29 is 13.2 Å². The number of hydrogen-bond acceptors (Lipinski definition) is 3. The molecule has 0 aromatic rings. The number of ether oxygens (including phenoxy) is 1. The highest BCUT2D eigenvalue weighted by Crippen LogP contribution is 2.19. The minimum absolute atomic E-state index is 0.0812. The number of sulfonamides is 1. The molecular weight excluding hydrogens is 178 g/mol. The second kappa shape index (κ2) is 4.02. The summed E-state index contributed by atoms with van der Waals surface area (Å²) < 4.78 is 25.9. The van der Waals surface area contributed by atoms with Gasteiger partial charge in [-0.05, 0) is 13.3 Å². The first-order valence-electron chi connectivity index (χ1n) is 3.49. The summed E-state index contributed by atoms with van der Waals surface area (Å²) in [7, 11) is -2.15. The van der Waals surface area contributed by atoms with Gasteiger partial charge in [0.05, 0.1) is 6.61 Å². The van der Waals surface area contributed by atoms with Crippen molar-refractivity contribution in [1.29, 1.82) is 0 Å². The highest BCUT2D eigenvalue weighted by Gasteiger charge is 2.35. The molecule has 0 amide bonds. The summed E-state index contributed by atoms with van der Waals surface area (Å²) in [5, 5.41) is 5.03. The van der Waals surface area contributed by atoms with Crippen LogP contribution in [0.4, 0.5) is 0 Å². The topological polar surface area (TPSA) is 69.4 Å². The molecule has 12 heavy (non-hydrogen) atoms. The van der Waals surface area contributed by atoms with Gasteiger partial charge in [-0.15, -0.1) is 6.58 Å². The lowest BCUT2D eigenvalue weighted by atomic mass is 10.1. The Morgan fingerprint density at radius 3 is 2.42 bits per heavy atom. The smallest absolute Gasteiger partial charge is 0.217 e. The van der Waals surface area contributed by atoms with Crippen LogP contribution in [0.2, 0.25) is 0 Å². The van der Waals surface area contributed by atoms with Crippen molar-refractivity contribution in [2.45, 2.75) is 18.1 Å². The van der Waals surface area contributed by atoms with Crippen LogP contribution in [0.5, 0.6) is 0 Å². The standard InChI is InChI=1S/C7H15NO3S/c1-4-5-7(2,6-11-3)12(8,9)10/h4H,1,5-6H2,2-3H3,(H2,8,9,10)/t7-/m0/s1. The molecule has 0 heterocycles. The van der Waals surface area contributed by atoms with E-state index >= 15 is 0 Å². The van der Waals surface area contributed by atoms with E-state index in [2.05, 4.69) is 6.58 Å². The monoisotopic (exact) mass is 193 g/mol. The molecule has 0 aromatic carbocycles. The molecular formula is C7H15NO3S. The number of allylic oxidation sites excluding steroid dienone is 1. The molecule has 0 unspecified atom stereocenters. The summed E-state index contributed by atoms with van der Waals surface area (Å²) in [6.07, 6.45) is 1.81. The molecule has 72 valence electrons. The van der Waals surface area contributed by atoms with Crippen LogP contribution in [-0.4, -0.2) is 26.9 Å². The molecule has 0 bridgehead atoms. The average molecular weight is 193 g/mol. The van der Waals surface area contributed by atoms with E-state index in [9.17, 15) is 8.42 Å². The van der Waals surface area contributed by atoms with Gasteiger partial charge in [0.25, 0.3) is 0 Å². The molecule has 0 saturated heterocycles. The summed E-state index contributed by atoms with van der Waals surface area (Å²) in [5.74, 6) is 0. The van der Waals surface area contributed by atoms with E-state index in [1.165, 1.54) is 20.1 Å². The van der Waals surface area contributed by atoms with E-state index in [1.807, 2.05) is 0 Å². The molecule has 0 radical (unpaired) electrons. The number of rotatable bonds is 5. The Morgan fingerprint density at radius 1 is 1.67 bits per heavy atom. The van der Waals surface area contributed by atoms with E-state index < -0.39 is 14.8 Å². The minimum Gasteiger partial charge on any atom is -0.383 e. The summed E-state index contributed by atoms with van der Waals surface area (Å²) >= 11 is 0. The van der Waals surface area contributed by atoms with Crippen LogP contribution >= 0.6 is 0 Å². The molecule has 0 spiro atoms. The SMILES string of the molecule is C=CC[C@@](C)(COC)S(N)(=O)=O. The molecule has 0 rings (SSSR count). The van der Waals surface area contributed by atoms with Gasteiger partial charge in [-0.3, -0.25) is 0 Å². The average Bonchev–Trinajstić information content (AvgIpc) is 1.86. The third kappa shape index (κ3) is 2.58. The summed E-state index contributed by atoms with van der Waals surface area (Å²) in [6.45, 7) is 5.08. The molecule has 0 aliphatic heterocycles. The lowest BCUT2D eigenvalue weighted by molar-refractivity contribution is 0.170. The summed E-state index contributed by atoms with van der Waals surface area (Å²) in [5.41, 5.74) is 0. The maximum atomic E-state index is 11.1.